The Balaban J connectivity index is 2.70. The molecule has 1 rings (SSSR count). The number of carbonyl (C=O) groups is 2. The number of hydrogen-bond donors (Lipinski definition) is 2. The quantitative estimate of drug-likeness (QED) is 0.431. The summed E-state index contributed by atoms with van der Waals surface area (Å²) in [5.74, 6) is -1.72. The Kier molecular flexibility index (Phi) is 4.93. The van der Waals surface area contributed by atoms with Crippen molar-refractivity contribution in [2.75, 3.05) is 6.61 Å². The van der Waals surface area contributed by atoms with Gasteiger partial charge in [0.15, 0.2) is 5.41 Å². The van der Waals surface area contributed by atoms with Gasteiger partial charge in [-0.3, -0.25) is 9.59 Å². The number of esters is 1. The number of carbonyl (C=O) groups excluding carboxylic acids is 1. The van der Waals surface area contributed by atoms with Crippen molar-refractivity contribution < 1.29 is 19.4 Å². The molecule has 0 amide bonds. The predicted octanol–water partition coefficient (Wildman–Crippen LogP) is 1.30. The fraction of sp³-hybridized carbons (Fsp3) is 0.833. The molecule has 0 bridgehead atoms. The van der Waals surface area contributed by atoms with E-state index in [9.17, 15) is 14.7 Å². The molecule has 1 aliphatic rings. The number of ether oxygens (including phenoxy) is 1. The lowest BCUT2D eigenvalue weighted by Crippen LogP contribution is -2.47. The first-order valence-electron chi connectivity index (χ1n) is 6.19. The molecule has 3 N–H and O–H groups in total. The van der Waals surface area contributed by atoms with Crippen molar-refractivity contribution in [1.82, 2.24) is 0 Å². The van der Waals surface area contributed by atoms with E-state index < -0.39 is 17.4 Å². The standard InChI is InChI=1S/C12H21NO4/c1-2-3-7-17-11(16)12(10(14)15)6-4-5-9(13)8-12/h9H,2-8,13H2,1H3,(H,14,15). The number of nitrogens with two attached hydrogens (primary N) is 1. The van der Waals surface area contributed by atoms with Crippen LogP contribution in [0.15, 0.2) is 0 Å². The van der Waals surface area contributed by atoms with Gasteiger partial charge >= 0.3 is 11.9 Å². The summed E-state index contributed by atoms with van der Waals surface area (Å²) >= 11 is 0. The second-order valence-electron chi connectivity index (χ2n) is 4.73. The summed E-state index contributed by atoms with van der Waals surface area (Å²) in [4.78, 5) is 23.3. The lowest BCUT2D eigenvalue weighted by atomic mass is 9.72. The monoisotopic (exact) mass is 243 g/mol. The van der Waals surface area contributed by atoms with Gasteiger partial charge in [0.25, 0.3) is 0 Å². The predicted molar refractivity (Wildman–Crippen MR) is 62.4 cm³/mol. The molecule has 0 spiro atoms. The van der Waals surface area contributed by atoms with Gasteiger partial charge in [0.2, 0.25) is 0 Å². The van der Waals surface area contributed by atoms with Gasteiger partial charge in [-0.15, -0.1) is 0 Å². The molecule has 1 saturated carbocycles. The number of carboxylic acid groups (broad SMARTS) is 1. The zero-order valence-electron chi connectivity index (χ0n) is 10.3. The van der Waals surface area contributed by atoms with Crippen molar-refractivity contribution in [2.45, 2.75) is 51.5 Å². The van der Waals surface area contributed by atoms with Gasteiger partial charge in [-0.25, -0.2) is 0 Å². The zero-order valence-corrected chi connectivity index (χ0v) is 10.3. The number of carboxylic acids is 1. The molecular weight excluding hydrogens is 222 g/mol. The summed E-state index contributed by atoms with van der Waals surface area (Å²) in [6.07, 6.45) is 3.63. The minimum absolute atomic E-state index is 0.188. The average molecular weight is 243 g/mol. The van der Waals surface area contributed by atoms with Gasteiger partial charge in [-0.2, -0.15) is 0 Å². The molecule has 0 aliphatic heterocycles. The first kappa shape index (κ1) is 14.0. The highest BCUT2D eigenvalue weighted by Crippen LogP contribution is 2.37. The van der Waals surface area contributed by atoms with Crippen molar-refractivity contribution in [1.29, 1.82) is 0 Å². The highest BCUT2D eigenvalue weighted by molar-refractivity contribution is 5.99. The van der Waals surface area contributed by atoms with Crippen LogP contribution in [0.1, 0.15) is 45.4 Å². The van der Waals surface area contributed by atoms with Crippen LogP contribution in [0, 0.1) is 5.41 Å². The lowest BCUT2D eigenvalue weighted by Gasteiger charge is -2.33. The maximum absolute atomic E-state index is 11.9. The van der Waals surface area contributed by atoms with E-state index in [1.165, 1.54) is 0 Å². The van der Waals surface area contributed by atoms with Gasteiger partial charge in [0.05, 0.1) is 6.61 Å². The van der Waals surface area contributed by atoms with Crippen LogP contribution in [-0.2, 0) is 14.3 Å². The number of rotatable bonds is 5. The highest BCUT2D eigenvalue weighted by Gasteiger charge is 2.50. The SMILES string of the molecule is CCCCOC(=O)C1(C(=O)O)CCCC(N)C1. The Bertz CT molecular complexity index is 292. The fourth-order valence-corrected chi connectivity index (χ4v) is 2.23. The fourth-order valence-electron chi connectivity index (χ4n) is 2.23. The molecule has 0 aromatic heterocycles. The molecule has 5 nitrogen and oxygen atoms in total. The van der Waals surface area contributed by atoms with E-state index in [-0.39, 0.29) is 12.5 Å². The van der Waals surface area contributed by atoms with Crippen LogP contribution in [0.2, 0.25) is 0 Å². The van der Waals surface area contributed by atoms with E-state index in [0.717, 1.165) is 19.3 Å². The second kappa shape index (κ2) is 6.00. The molecule has 2 atom stereocenters. The van der Waals surface area contributed by atoms with Gasteiger partial charge in [0, 0.05) is 6.04 Å². The maximum atomic E-state index is 11.9. The van der Waals surface area contributed by atoms with E-state index in [1.54, 1.807) is 0 Å². The van der Waals surface area contributed by atoms with Gasteiger partial charge < -0.3 is 15.6 Å². The van der Waals surface area contributed by atoms with Gasteiger partial charge in [-0.05, 0) is 25.7 Å². The van der Waals surface area contributed by atoms with E-state index in [2.05, 4.69) is 0 Å². The first-order valence-corrected chi connectivity index (χ1v) is 6.19. The summed E-state index contributed by atoms with van der Waals surface area (Å²) in [5.41, 5.74) is 4.36. The molecule has 0 aromatic rings. The molecular formula is C12H21NO4. The highest BCUT2D eigenvalue weighted by atomic mass is 16.5. The van der Waals surface area contributed by atoms with E-state index in [0.29, 0.717) is 19.4 Å². The smallest absolute Gasteiger partial charge is 0.323 e. The van der Waals surface area contributed by atoms with Crippen LogP contribution >= 0.6 is 0 Å². The van der Waals surface area contributed by atoms with Crippen LogP contribution in [0.25, 0.3) is 0 Å². The van der Waals surface area contributed by atoms with Crippen molar-refractivity contribution in [3.05, 3.63) is 0 Å². The van der Waals surface area contributed by atoms with Crippen LogP contribution in [0.3, 0.4) is 0 Å². The summed E-state index contributed by atoms with van der Waals surface area (Å²) in [6, 6.07) is -0.224. The largest absolute Gasteiger partial charge is 0.480 e. The maximum Gasteiger partial charge on any atom is 0.323 e. The van der Waals surface area contributed by atoms with Crippen LogP contribution in [0.5, 0.6) is 0 Å². The van der Waals surface area contributed by atoms with Crippen LogP contribution < -0.4 is 5.73 Å². The molecule has 98 valence electrons. The topological polar surface area (TPSA) is 89.6 Å². The third-order valence-corrected chi connectivity index (χ3v) is 3.32. The molecule has 0 radical (unpaired) electrons. The average Bonchev–Trinajstić information content (AvgIpc) is 2.28. The Morgan fingerprint density at radius 3 is 2.76 bits per heavy atom. The van der Waals surface area contributed by atoms with E-state index >= 15 is 0 Å². The summed E-state index contributed by atoms with van der Waals surface area (Å²) in [5, 5.41) is 9.28. The Labute approximate surface area is 101 Å². The molecule has 0 heterocycles. The summed E-state index contributed by atoms with van der Waals surface area (Å²) in [7, 11) is 0. The third-order valence-electron chi connectivity index (χ3n) is 3.32. The van der Waals surface area contributed by atoms with Crippen molar-refractivity contribution >= 4 is 11.9 Å². The molecule has 17 heavy (non-hydrogen) atoms. The third kappa shape index (κ3) is 3.19. The zero-order chi connectivity index (χ0) is 12.9. The first-order chi connectivity index (χ1) is 8.03. The molecule has 0 saturated heterocycles. The van der Waals surface area contributed by atoms with Crippen molar-refractivity contribution in [2.24, 2.45) is 11.1 Å². The number of hydrogen-bond acceptors (Lipinski definition) is 4. The van der Waals surface area contributed by atoms with Gasteiger partial charge in [0.1, 0.15) is 0 Å². The summed E-state index contributed by atoms with van der Waals surface area (Å²) < 4.78 is 5.06. The minimum Gasteiger partial charge on any atom is -0.480 e. The summed E-state index contributed by atoms with van der Waals surface area (Å²) in [6.45, 7) is 2.27. The van der Waals surface area contributed by atoms with Crippen LogP contribution in [0.4, 0.5) is 0 Å². The minimum atomic E-state index is -1.41. The normalized spacial score (nSPS) is 28.7. The Morgan fingerprint density at radius 1 is 1.53 bits per heavy atom. The van der Waals surface area contributed by atoms with Crippen molar-refractivity contribution in [3.63, 3.8) is 0 Å². The Morgan fingerprint density at radius 2 is 2.24 bits per heavy atom. The lowest BCUT2D eigenvalue weighted by molar-refractivity contribution is -0.172. The van der Waals surface area contributed by atoms with Crippen molar-refractivity contribution in [3.8, 4) is 0 Å². The molecule has 1 aliphatic carbocycles. The van der Waals surface area contributed by atoms with E-state index in [4.69, 9.17) is 10.5 Å². The molecule has 1 fully saturated rings. The van der Waals surface area contributed by atoms with Crippen LogP contribution in [-0.4, -0.2) is 29.7 Å². The van der Waals surface area contributed by atoms with Gasteiger partial charge in [-0.1, -0.05) is 19.8 Å². The molecule has 5 heteroatoms. The number of unbranched alkanes of at least 4 members (excludes halogenated alkanes) is 1. The second-order valence-corrected chi connectivity index (χ2v) is 4.73. The van der Waals surface area contributed by atoms with E-state index in [1.807, 2.05) is 6.92 Å². The molecule has 0 aromatic carbocycles. The number of aliphatic carboxylic acids is 1. The molecule has 2 unspecified atom stereocenters. The Hall–Kier alpha value is -1.10.